The van der Waals surface area contributed by atoms with Crippen molar-refractivity contribution < 1.29 is 28.9 Å². The lowest BCUT2D eigenvalue weighted by Gasteiger charge is -2.36. The summed E-state index contributed by atoms with van der Waals surface area (Å²) in [6, 6.07) is 30.6. The van der Waals surface area contributed by atoms with Crippen LogP contribution in [0.1, 0.15) is 87.2 Å². The van der Waals surface area contributed by atoms with Gasteiger partial charge in [0.2, 0.25) is 11.8 Å². The second kappa shape index (κ2) is 24.4. The van der Waals surface area contributed by atoms with E-state index in [0.717, 1.165) is 130 Å². The summed E-state index contributed by atoms with van der Waals surface area (Å²) in [7, 11) is 0. The number of rotatable bonds is 22. The summed E-state index contributed by atoms with van der Waals surface area (Å²) >= 11 is 1.58. The molecule has 2 fully saturated rings. The normalized spacial score (nSPS) is 17.3. The number of β-amino-alcohol motifs (C(OH)–C–C–N with tert-alkyl or cyclic N) is 1. The molecule has 2 saturated heterocycles. The van der Waals surface area contributed by atoms with Gasteiger partial charge in [0.05, 0.1) is 40.2 Å². The zero-order valence-electron chi connectivity index (χ0n) is 44.4. The minimum Gasteiger partial charge on any atom is -0.493 e. The maximum Gasteiger partial charge on any atom is 0.246 e. The molecule has 0 bridgehead atoms. The third-order valence-corrected chi connectivity index (χ3v) is 16.1. The molecular weight excluding hydrogens is 989 g/mol. The first-order chi connectivity index (χ1) is 37.5. The molecule has 16 nitrogen and oxygen atoms in total. The Morgan fingerprint density at radius 3 is 2.36 bits per heavy atom. The maximum atomic E-state index is 14.4. The van der Waals surface area contributed by atoms with E-state index in [9.17, 15) is 14.7 Å². The highest BCUT2D eigenvalue weighted by molar-refractivity contribution is 7.13. The summed E-state index contributed by atoms with van der Waals surface area (Å²) in [5, 5.41) is 19.8. The highest BCUT2D eigenvalue weighted by atomic mass is 32.1. The number of unbranched alkanes of at least 4 members (excludes halogenated alkanes) is 2. The monoisotopic (exact) mass is 1060 g/mol. The highest BCUT2D eigenvalue weighted by Gasteiger charge is 2.45. The number of nitrogens with one attached hydrogen (secondary N) is 1. The molecule has 4 N–H and O–H groups in total. The molecule has 3 aromatic heterocycles. The Morgan fingerprint density at radius 1 is 0.883 bits per heavy atom. The van der Waals surface area contributed by atoms with Crippen molar-refractivity contribution in [2.75, 3.05) is 51.7 Å². The van der Waals surface area contributed by atoms with Gasteiger partial charge in [-0.1, -0.05) is 75.0 Å². The molecule has 402 valence electrons. The van der Waals surface area contributed by atoms with E-state index in [1.54, 1.807) is 16.2 Å². The fraction of sp³-hybridized carbons (Fsp3) is 0.400. The number of thiazole rings is 1. The van der Waals surface area contributed by atoms with Crippen molar-refractivity contribution >= 4 is 45.7 Å². The fourth-order valence-electron chi connectivity index (χ4n) is 11.0. The van der Waals surface area contributed by atoms with Crippen LogP contribution in [0.2, 0.25) is 0 Å². The van der Waals surface area contributed by atoms with Crippen LogP contribution in [-0.2, 0) is 27.4 Å². The molecule has 0 unspecified atom stereocenters. The fourth-order valence-corrected chi connectivity index (χ4v) is 11.8. The molecule has 0 aliphatic carbocycles. The molecule has 10 rings (SSSR count). The molecule has 77 heavy (non-hydrogen) atoms. The number of piperidine rings is 1. The Hall–Kier alpha value is -7.18. The number of aliphatic hydroxyl groups excluding tert-OH is 1. The summed E-state index contributed by atoms with van der Waals surface area (Å²) in [5.41, 5.74) is 16.5. The van der Waals surface area contributed by atoms with Gasteiger partial charge in [0.25, 0.3) is 0 Å². The Kier molecular flexibility index (Phi) is 16.9. The van der Waals surface area contributed by atoms with Crippen molar-refractivity contribution in [1.82, 2.24) is 44.7 Å². The number of aliphatic hydroxyl groups is 1. The molecule has 4 aromatic carbocycles. The number of aryl methyl sites for hydroxylation is 1. The van der Waals surface area contributed by atoms with Crippen LogP contribution in [0.5, 0.6) is 17.2 Å². The van der Waals surface area contributed by atoms with E-state index in [1.165, 1.54) is 6.33 Å². The lowest BCUT2D eigenvalue weighted by atomic mass is 10.00. The van der Waals surface area contributed by atoms with Gasteiger partial charge in [0, 0.05) is 74.7 Å². The number of para-hydroxylation sites is 1. The van der Waals surface area contributed by atoms with Gasteiger partial charge in [-0.05, 0) is 112 Å². The number of hydrogen-bond acceptors (Lipinski definition) is 14. The first-order valence-electron chi connectivity index (χ1n) is 27.1. The van der Waals surface area contributed by atoms with Crippen LogP contribution in [0.25, 0.3) is 38.4 Å². The second-order valence-electron chi connectivity index (χ2n) is 20.8. The zero-order chi connectivity index (χ0) is 53.4. The number of ether oxygens (including phenoxy) is 3. The van der Waals surface area contributed by atoms with Crippen molar-refractivity contribution in [2.24, 2.45) is 5.92 Å². The van der Waals surface area contributed by atoms with Gasteiger partial charge in [0.15, 0.2) is 5.65 Å². The molecule has 6 heterocycles. The SMILES string of the molecule is C=C1c2ccccc2CN1[C@H](C(=O)N1C[C@H](O)C[C@H]1C(=O)NCc1ccc(-c2scnc2C)cc1OCCCCOCCCCN1CCC(n2nc(-c3ccc(Oc4ccccc4)cc3)c3c(N)ncnc32)CC1)C(C)C. The topological polar surface area (TPSA) is 186 Å². The molecule has 0 radical (unpaired) electrons. The average Bonchev–Trinajstić information content (AvgIpc) is 4.26. The Labute approximate surface area is 454 Å². The molecule has 17 heteroatoms. The third kappa shape index (κ3) is 12.2. The number of aromatic nitrogens is 5. The van der Waals surface area contributed by atoms with Gasteiger partial charge in [-0.15, -0.1) is 11.3 Å². The molecule has 3 aliphatic heterocycles. The number of anilines is 1. The van der Waals surface area contributed by atoms with Crippen LogP contribution in [0, 0.1) is 12.8 Å². The highest BCUT2D eigenvalue weighted by Crippen LogP contribution is 2.38. The molecule has 3 aliphatic rings. The van der Waals surface area contributed by atoms with Gasteiger partial charge in [0.1, 0.15) is 47.2 Å². The van der Waals surface area contributed by atoms with E-state index in [4.69, 9.17) is 25.0 Å². The molecule has 3 atom stereocenters. The lowest BCUT2D eigenvalue weighted by molar-refractivity contribution is -0.143. The largest absolute Gasteiger partial charge is 0.493 e. The van der Waals surface area contributed by atoms with Gasteiger partial charge in [-0.2, -0.15) is 5.10 Å². The number of carbonyl (C=O) groups is 2. The van der Waals surface area contributed by atoms with Crippen LogP contribution >= 0.6 is 11.3 Å². The standard InChI is InChI=1S/C60H70N10O6S/c1-39(2)55(68-35-45-14-8-9-17-50(45)41(68)4)60(73)69-36-47(71)33-51(69)59(72)62-34-44-19-18-43(56-40(3)65-38-77-56)32-52(44)75-31-13-12-30-74-29-11-10-26-67-27-24-46(25-28-67)70-58-53(57(61)63-37-64-58)54(66-70)42-20-22-49(23-21-42)76-48-15-6-5-7-16-48/h5-9,14-23,32,37-39,46-47,51,55,71H,4,10-13,24-31,33-36H2,1-3H3,(H,62,72)(H2,61,63,64)/t47-,51+,55+/m1/s1. The van der Waals surface area contributed by atoms with Crippen LogP contribution in [0.4, 0.5) is 5.82 Å². The van der Waals surface area contributed by atoms with E-state index in [2.05, 4.69) is 42.5 Å². The smallest absolute Gasteiger partial charge is 0.246 e. The predicted octanol–water partition coefficient (Wildman–Crippen LogP) is 9.68. The summed E-state index contributed by atoms with van der Waals surface area (Å²) in [5.74, 6) is 2.09. The van der Waals surface area contributed by atoms with Crippen LogP contribution in [0.3, 0.4) is 0 Å². The van der Waals surface area contributed by atoms with E-state index in [1.807, 2.05) is 122 Å². The number of benzene rings is 4. The number of fused-ring (bicyclic) bond motifs is 2. The van der Waals surface area contributed by atoms with Gasteiger partial charge in [-0.25, -0.2) is 19.6 Å². The first kappa shape index (κ1) is 53.2. The number of likely N-dealkylation sites (tertiary alicyclic amines) is 2. The zero-order valence-corrected chi connectivity index (χ0v) is 45.2. The van der Waals surface area contributed by atoms with E-state index >= 15 is 0 Å². The quantitative estimate of drug-likeness (QED) is 0.0546. The van der Waals surface area contributed by atoms with Crippen LogP contribution in [0.15, 0.2) is 115 Å². The van der Waals surface area contributed by atoms with Crippen molar-refractivity contribution in [3.05, 3.63) is 138 Å². The van der Waals surface area contributed by atoms with Gasteiger partial charge < -0.3 is 45.1 Å². The van der Waals surface area contributed by atoms with Gasteiger partial charge >= 0.3 is 0 Å². The Bertz CT molecular complexity index is 3160. The predicted molar refractivity (Wildman–Crippen MR) is 301 cm³/mol. The first-order valence-corrected chi connectivity index (χ1v) is 28.0. The molecule has 0 saturated carbocycles. The molecule has 7 aromatic rings. The Morgan fingerprint density at radius 2 is 1.61 bits per heavy atom. The minimum atomic E-state index is -0.808. The van der Waals surface area contributed by atoms with Crippen molar-refractivity contribution in [3.63, 3.8) is 0 Å². The van der Waals surface area contributed by atoms with Gasteiger partial charge in [-0.3, -0.25) is 9.59 Å². The number of nitrogen functional groups attached to an aromatic ring is 1. The maximum absolute atomic E-state index is 14.4. The number of amides is 2. The summed E-state index contributed by atoms with van der Waals surface area (Å²) in [6.07, 6.45) is 6.51. The third-order valence-electron chi connectivity index (χ3n) is 15.1. The Balaban J connectivity index is 0.663. The lowest BCUT2D eigenvalue weighted by Crippen LogP contribution is -2.54. The van der Waals surface area contributed by atoms with Crippen molar-refractivity contribution in [3.8, 4) is 38.9 Å². The average molecular weight is 1060 g/mol. The van der Waals surface area contributed by atoms with E-state index in [-0.39, 0.29) is 43.3 Å². The van der Waals surface area contributed by atoms with Crippen molar-refractivity contribution in [1.29, 1.82) is 0 Å². The van der Waals surface area contributed by atoms with Crippen LogP contribution < -0.4 is 20.5 Å². The number of carbonyl (C=O) groups excluding carboxylic acids is 2. The van der Waals surface area contributed by atoms with Crippen molar-refractivity contribution in [2.45, 2.75) is 103 Å². The number of hydrogen-bond donors (Lipinski definition) is 3. The van der Waals surface area contributed by atoms with E-state index < -0.39 is 18.2 Å². The number of nitrogens with two attached hydrogens (primary N) is 1. The number of nitrogens with zero attached hydrogens (tertiary/aromatic N) is 8. The second-order valence-corrected chi connectivity index (χ2v) is 21.6. The summed E-state index contributed by atoms with van der Waals surface area (Å²) in [6.45, 7) is 16.0. The minimum absolute atomic E-state index is 0.0582. The van der Waals surface area contributed by atoms with Crippen LogP contribution in [-0.4, -0.2) is 121 Å². The molecular formula is C60H70N10O6S. The molecule has 2 amide bonds. The summed E-state index contributed by atoms with van der Waals surface area (Å²) < 4.78 is 20.6. The molecule has 0 spiro atoms. The van der Waals surface area contributed by atoms with E-state index in [0.29, 0.717) is 37.9 Å². The summed E-state index contributed by atoms with van der Waals surface area (Å²) in [4.78, 5) is 49.1.